The Kier molecular flexibility index (Phi) is 36.4. The molecule has 0 aromatic carbocycles. The van der Waals surface area contributed by atoms with E-state index in [4.69, 9.17) is 56.8 Å². The zero-order valence-corrected chi connectivity index (χ0v) is 30.0. The zero-order chi connectivity index (χ0) is 34.3. The second-order valence-corrected chi connectivity index (χ2v) is 11.3. The fraction of sp³-hybridized carbons (Fsp3) is 0.971. The SMILES string of the molecule is CCCCCCCCCC(=O)OCCOCCOCCOCCOCCOCCOCCOCCOCCOCCOC1CCCCO1. The van der Waals surface area contributed by atoms with Crippen LogP contribution in [0.15, 0.2) is 0 Å². The number of carbonyl (C=O) groups is 1. The van der Waals surface area contributed by atoms with E-state index in [0.29, 0.717) is 132 Å². The summed E-state index contributed by atoms with van der Waals surface area (Å²) in [6.45, 7) is 12.8. The molecule has 13 nitrogen and oxygen atoms in total. The predicted molar refractivity (Wildman–Crippen MR) is 180 cm³/mol. The lowest BCUT2D eigenvalue weighted by atomic mass is 10.1. The van der Waals surface area contributed by atoms with Gasteiger partial charge in [-0.05, 0) is 25.7 Å². The van der Waals surface area contributed by atoms with E-state index in [-0.39, 0.29) is 18.9 Å². The number of hydrogen-bond acceptors (Lipinski definition) is 13. The van der Waals surface area contributed by atoms with Crippen molar-refractivity contribution in [2.45, 2.75) is 83.8 Å². The lowest BCUT2D eigenvalue weighted by Crippen LogP contribution is -2.24. The van der Waals surface area contributed by atoms with E-state index in [0.717, 1.165) is 38.7 Å². The molecule has 48 heavy (non-hydrogen) atoms. The molecule has 0 aliphatic carbocycles. The molecule has 1 aliphatic rings. The van der Waals surface area contributed by atoms with Gasteiger partial charge in [0.2, 0.25) is 0 Å². The van der Waals surface area contributed by atoms with Gasteiger partial charge in [0.05, 0.1) is 126 Å². The molecule has 0 aromatic rings. The fourth-order valence-corrected chi connectivity index (χ4v) is 4.46. The van der Waals surface area contributed by atoms with Gasteiger partial charge in [-0.25, -0.2) is 0 Å². The summed E-state index contributed by atoms with van der Waals surface area (Å²) in [6, 6.07) is 0. The van der Waals surface area contributed by atoms with Gasteiger partial charge in [-0.2, -0.15) is 0 Å². The number of carbonyl (C=O) groups excluding carboxylic acids is 1. The van der Waals surface area contributed by atoms with Crippen LogP contribution in [0.1, 0.15) is 77.6 Å². The Morgan fingerprint density at radius 1 is 0.479 bits per heavy atom. The van der Waals surface area contributed by atoms with Gasteiger partial charge in [-0.1, -0.05) is 45.4 Å². The highest BCUT2D eigenvalue weighted by atomic mass is 16.7. The topological polar surface area (TPSA) is 128 Å². The van der Waals surface area contributed by atoms with Gasteiger partial charge in [-0.15, -0.1) is 0 Å². The van der Waals surface area contributed by atoms with Crippen molar-refractivity contribution in [2.24, 2.45) is 0 Å². The highest BCUT2D eigenvalue weighted by Crippen LogP contribution is 2.13. The Bertz CT molecular complexity index is 638. The molecule has 1 rings (SSSR count). The quantitative estimate of drug-likeness (QED) is 0.0668. The molecule has 1 saturated heterocycles. The Morgan fingerprint density at radius 2 is 0.854 bits per heavy atom. The van der Waals surface area contributed by atoms with Crippen molar-refractivity contribution >= 4 is 5.97 Å². The van der Waals surface area contributed by atoms with Crippen molar-refractivity contribution in [3.05, 3.63) is 0 Å². The summed E-state index contributed by atoms with van der Waals surface area (Å²) in [5, 5.41) is 0. The van der Waals surface area contributed by atoms with E-state index >= 15 is 0 Å². The standard InChI is InChI=1S/C35H68O13/c1-2-3-4-5-6-7-8-11-34(36)46-32-30-44-28-26-42-24-22-40-20-18-38-16-14-37-15-17-39-19-21-41-23-25-43-27-29-45-31-33-48-35-12-9-10-13-47-35/h35H,2-33H2,1H3. The van der Waals surface area contributed by atoms with Gasteiger partial charge in [0.15, 0.2) is 6.29 Å². The molecule has 0 spiro atoms. The highest BCUT2D eigenvalue weighted by molar-refractivity contribution is 5.69. The number of hydrogen-bond donors (Lipinski definition) is 0. The number of esters is 1. The van der Waals surface area contributed by atoms with Crippen LogP contribution < -0.4 is 0 Å². The maximum absolute atomic E-state index is 11.7. The fourth-order valence-electron chi connectivity index (χ4n) is 4.46. The van der Waals surface area contributed by atoms with E-state index in [1.807, 2.05) is 0 Å². The number of rotatable bonds is 39. The second-order valence-electron chi connectivity index (χ2n) is 11.3. The molecule has 1 fully saturated rings. The van der Waals surface area contributed by atoms with Crippen LogP contribution in [0.25, 0.3) is 0 Å². The van der Waals surface area contributed by atoms with Crippen LogP contribution in [0.5, 0.6) is 0 Å². The van der Waals surface area contributed by atoms with E-state index in [2.05, 4.69) is 6.92 Å². The average Bonchev–Trinajstić information content (AvgIpc) is 3.10. The summed E-state index contributed by atoms with van der Waals surface area (Å²) in [5.41, 5.74) is 0. The molecule has 0 radical (unpaired) electrons. The summed E-state index contributed by atoms with van der Waals surface area (Å²) >= 11 is 0. The summed E-state index contributed by atoms with van der Waals surface area (Å²) in [7, 11) is 0. The van der Waals surface area contributed by atoms with Crippen molar-refractivity contribution in [1.82, 2.24) is 0 Å². The third-order valence-corrected chi connectivity index (χ3v) is 7.12. The van der Waals surface area contributed by atoms with Gasteiger partial charge >= 0.3 is 5.97 Å². The van der Waals surface area contributed by atoms with Gasteiger partial charge in [-0.3, -0.25) is 4.79 Å². The van der Waals surface area contributed by atoms with Gasteiger partial charge in [0.25, 0.3) is 0 Å². The minimum Gasteiger partial charge on any atom is -0.463 e. The molecule has 1 heterocycles. The highest BCUT2D eigenvalue weighted by Gasteiger charge is 2.13. The maximum atomic E-state index is 11.7. The Labute approximate surface area is 290 Å². The molecule has 1 aliphatic heterocycles. The first-order valence-corrected chi connectivity index (χ1v) is 18.4. The largest absolute Gasteiger partial charge is 0.463 e. The molecule has 13 heteroatoms. The summed E-state index contributed by atoms with van der Waals surface area (Å²) in [4.78, 5) is 11.7. The van der Waals surface area contributed by atoms with Crippen LogP contribution in [0.4, 0.5) is 0 Å². The third-order valence-electron chi connectivity index (χ3n) is 7.12. The third kappa shape index (κ3) is 34.9. The lowest BCUT2D eigenvalue weighted by Gasteiger charge is -2.22. The van der Waals surface area contributed by atoms with Crippen LogP contribution in [0, 0.1) is 0 Å². The van der Waals surface area contributed by atoms with E-state index in [1.165, 1.54) is 32.1 Å². The maximum Gasteiger partial charge on any atom is 0.305 e. The van der Waals surface area contributed by atoms with E-state index < -0.39 is 0 Å². The minimum atomic E-state index is -0.139. The molecular weight excluding hydrogens is 628 g/mol. The van der Waals surface area contributed by atoms with Gasteiger partial charge in [0.1, 0.15) is 6.61 Å². The Balaban J connectivity index is 1.62. The summed E-state index contributed by atoms with van der Waals surface area (Å²) in [5.74, 6) is -0.139. The Hall–Kier alpha value is -0.970. The molecule has 1 atom stereocenters. The second kappa shape index (κ2) is 38.8. The monoisotopic (exact) mass is 696 g/mol. The van der Waals surface area contributed by atoms with Gasteiger partial charge < -0.3 is 56.8 Å². The number of unbranched alkanes of at least 4 members (excludes halogenated alkanes) is 6. The molecule has 286 valence electrons. The molecule has 0 bridgehead atoms. The van der Waals surface area contributed by atoms with Crippen molar-refractivity contribution in [3.63, 3.8) is 0 Å². The zero-order valence-electron chi connectivity index (χ0n) is 30.0. The molecular formula is C35H68O13. The van der Waals surface area contributed by atoms with Crippen LogP contribution >= 0.6 is 0 Å². The summed E-state index contributed by atoms with van der Waals surface area (Å²) < 4.78 is 65.6. The van der Waals surface area contributed by atoms with Crippen molar-refractivity contribution in [1.29, 1.82) is 0 Å². The number of ether oxygens (including phenoxy) is 12. The lowest BCUT2D eigenvalue weighted by molar-refractivity contribution is -0.169. The van der Waals surface area contributed by atoms with Crippen molar-refractivity contribution in [2.75, 3.05) is 139 Å². The predicted octanol–water partition coefficient (Wildman–Crippen LogP) is 4.36. The first-order chi connectivity index (χ1) is 23.8. The Morgan fingerprint density at radius 3 is 1.25 bits per heavy atom. The molecule has 0 N–H and O–H groups in total. The molecule has 0 aromatic heterocycles. The summed E-state index contributed by atoms with van der Waals surface area (Å²) in [6.07, 6.45) is 12.0. The average molecular weight is 697 g/mol. The smallest absolute Gasteiger partial charge is 0.305 e. The van der Waals surface area contributed by atoms with Crippen molar-refractivity contribution in [3.8, 4) is 0 Å². The first-order valence-electron chi connectivity index (χ1n) is 18.4. The van der Waals surface area contributed by atoms with Crippen LogP contribution in [-0.2, 0) is 61.6 Å². The molecule has 0 amide bonds. The van der Waals surface area contributed by atoms with E-state index in [9.17, 15) is 4.79 Å². The molecule has 0 saturated carbocycles. The van der Waals surface area contributed by atoms with Crippen molar-refractivity contribution < 1.29 is 61.6 Å². The van der Waals surface area contributed by atoms with E-state index in [1.54, 1.807) is 0 Å². The first kappa shape index (κ1) is 45.1. The van der Waals surface area contributed by atoms with Crippen LogP contribution in [-0.4, -0.2) is 151 Å². The van der Waals surface area contributed by atoms with Gasteiger partial charge in [0, 0.05) is 13.0 Å². The van der Waals surface area contributed by atoms with Crippen LogP contribution in [0.3, 0.4) is 0 Å². The normalized spacial score (nSPS) is 14.9. The molecule has 1 unspecified atom stereocenters. The van der Waals surface area contributed by atoms with Crippen LogP contribution in [0.2, 0.25) is 0 Å². The minimum absolute atomic E-state index is 0.0673.